The molecule has 2 N–H and O–H groups in total. The molecule has 3 rings (SSSR count). The Hall–Kier alpha value is -2.59. The standard InChI is InChI=1S/C16H13ClN4/c17-14-8-6-13(7-9-14)15-11-21(16(18)20-15)19-10-12-4-2-1-3-5-12/h1-11H,(H2,18,20)/b19-10+. The monoisotopic (exact) mass is 296 g/mol. The zero-order chi connectivity index (χ0) is 14.7. The molecule has 0 bridgehead atoms. The fraction of sp³-hybridized carbons (Fsp3) is 0. The maximum Gasteiger partial charge on any atom is 0.221 e. The molecule has 2 aromatic carbocycles. The second-order valence-corrected chi connectivity index (χ2v) is 4.93. The van der Waals surface area contributed by atoms with E-state index in [1.807, 2.05) is 54.6 Å². The Labute approximate surface area is 127 Å². The van der Waals surface area contributed by atoms with Crippen molar-refractivity contribution in [1.29, 1.82) is 0 Å². The van der Waals surface area contributed by atoms with Crippen LogP contribution in [0.25, 0.3) is 11.3 Å². The summed E-state index contributed by atoms with van der Waals surface area (Å²) >= 11 is 5.88. The van der Waals surface area contributed by atoms with Gasteiger partial charge < -0.3 is 5.73 Å². The summed E-state index contributed by atoms with van der Waals surface area (Å²) in [6, 6.07) is 17.2. The molecule has 0 amide bonds. The number of benzene rings is 2. The summed E-state index contributed by atoms with van der Waals surface area (Å²) in [7, 11) is 0. The number of hydrogen-bond donors (Lipinski definition) is 1. The fourth-order valence-electron chi connectivity index (χ4n) is 1.91. The first-order valence-corrected chi connectivity index (χ1v) is 6.80. The molecule has 1 aromatic heterocycles. The predicted octanol–water partition coefficient (Wildman–Crippen LogP) is 3.67. The van der Waals surface area contributed by atoms with E-state index in [1.54, 1.807) is 17.1 Å². The molecular weight excluding hydrogens is 284 g/mol. The van der Waals surface area contributed by atoms with Crippen molar-refractivity contribution in [2.45, 2.75) is 0 Å². The summed E-state index contributed by atoms with van der Waals surface area (Å²) < 4.78 is 1.55. The van der Waals surface area contributed by atoms with Crippen LogP contribution in [0.3, 0.4) is 0 Å². The molecule has 0 fully saturated rings. The molecule has 104 valence electrons. The molecule has 0 spiro atoms. The summed E-state index contributed by atoms with van der Waals surface area (Å²) in [4.78, 5) is 4.31. The average Bonchev–Trinajstić information content (AvgIpc) is 2.88. The van der Waals surface area contributed by atoms with Gasteiger partial charge in [-0.15, -0.1) is 0 Å². The molecular formula is C16H13ClN4. The predicted molar refractivity (Wildman–Crippen MR) is 86.5 cm³/mol. The van der Waals surface area contributed by atoms with E-state index in [1.165, 1.54) is 0 Å². The SMILES string of the molecule is Nc1nc(-c2ccc(Cl)cc2)cn1/N=C/c1ccccc1. The second kappa shape index (κ2) is 5.81. The van der Waals surface area contributed by atoms with Crippen LogP contribution in [-0.2, 0) is 0 Å². The lowest BCUT2D eigenvalue weighted by molar-refractivity contribution is 0.898. The quantitative estimate of drug-likeness (QED) is 0.750. The summed E-state index contributed by atoms with van der Waals surface area (Å²) in [5.74, 6) is 0.340. The lowest BCUT2D eigenvalue weighted by Gasteiger charge is -1.95. The van der Waals surface area contributed by atoms with Crippen LogP contribution in [0.1, 0.15) is 5.56 Å². The Morgan fingerprint density at radius 2 is 1.76 bits per heavy atom. The number of rotatable bonds is 3. The number of anilines is 1. The van der Waals surface area contributed by atoms with Crippen molar-refractivity contribution in [3.8, 4) is 11.3 Å². The molecule has 3 aromatic rings. The number of aromatic nitrogens is 2. The van der Waals surface area contributed by atoms with Gasteiger partial charge >= 0.3 is 0 Å². The van der Waals surface area contributed by atoms with E-state index in [0.717, 1.165) is 16.8 Å². The molecule has 0 radical (unpaired) electrons. The minimum Gasteiger partial charge on any atom is -0.368 e. The number of nitrogens with two attached hydrogens (primary N) is 1. The van der Waals surface area contributed by atoms with Gasteiger partial charge in [-0.3, -0.25) is 0 Å². The van der Waals surface area contributed by atoms with Crippen LogP contribution in [0.4, 0.5) is 5.95 Å². The number of nitrogens with zero attached hydrogens (tertiary/aromatic N) is 3. The molecule has 0 aliphatic heterocycles. The highest BCUT2D eigenvalue weighted by atomic mass is 35.5. The van der Waals surface area contributed by atoms with E-state index in [-0.39, 0.29) is 0 Å². The third-order valence-corrected chi connectivity index (χ3v) is 3.24. The van der Waals surface area contributed by atoms with Crippen LogP contribution < -0.4 is 5.73 Å². The number of hydrogen-bond acceptors (Lipinski definition) is 3. The summed E-state index contributed by atoms with van der Waals surface area (Å²) in [6.07, 6.45) is 3.53. The highest BCUT2D eigenvalue weighted by Gasteiger charge is 2.06. The van der Waals surface area contributed by atoms with Gasteiger partial charge in [0.25, 0.3) is 0 Å². The smallest absolute Gasteiger partial charge is 0.221 e. The summed E-state index contributed by atoms with van der Waals surface area (Å²) in [6.45, 7) is 0. The van der Waals surface area contributed by atoms with Crippen molar-refractivity contribution < 1.29 is 0 Å². The van der Waals surface area contributed by atoms with Crippen LogP contribution in [0.5, 0.6) is 0 Å². The largest absolute Gasteiger partial charge is 0.368 e. The van der Waals surface area contributed by atoms with Gasteiger partial charge in [-0.05, 0) is 17.7 Å². The van der Waals surface area contributed by atoms with Gasteiger partial charge in [0.1, 0.15) is 0 Å². The van der Waals surface area contributed by atoms with E-state index in [2.05, 4.69) is 10.1 Å². The molecule has 0 aliphatic carbocycles. The van der Waals surface area contributed by atoms with Crippen LogP contribution in [0, 0.1) is 0 Å². The molecule has 0 saturated heterocycles. The Morgan fingerprint density at radius 1 is 1.05 bits per heavy atom. The first kappa shape index (κ1) is 13.4. The van der Waals surface area contributed by atoms with E-state index < -0.39 is 0 Å². The molecule has 1 heterocycles. The van der Waals surface area contributed by atoms with Gasteiger partial charge in [0.2, 0.25) is 5.95 Å². The molecule has 0 unspecified atom stereocenters. The van der Waals surface area contributed by atoms with Gasteiger partial charge in [-0.25, -0.2) is 9.66 Å². The maximum atomic E-state index is 5.88. The third-order valence-electron chi connectivity index (χ3n) is 2.99. The van der Waals surface area contributed by atoms with Crippen LogP contribution in [0.2, 0.25) is 5.02 Å². The molecule has 4 nitrogen and oxygen atoms in total. The summed E-state index contributed by atoms with van der Waals surface area (Å²) in [5, 5.41) is 5.01. The Balaban J connectivity index is 1.88. The highest BCUT2D eigenvalue weighted by Crippen LogP contribution is 2.21. The Morgan fingerprint density at radius 3 is 2.48 bits per heavy atom. The summed E-state index contributed by atoms with van der Waals surface area (Å²) in [5.41, 5.74) is 8.59. The third kappa shape index (κ3) is 3.12. The van der Waals surface area contributed by atoms with Gasteiger partial charge in [0.05, 0.1) is 18.1 Å². The molecule has 5 heteroatoms. The van der Waals surface area contributed by atoms with Crippen molar-refractivity contribution in [2.75, 3.05) is 5.73 Å². The number of halogens is 1. The van der Waals surface area contributed by atoms with Crippen molar-refractivity contribution >= 4 is 23.8 Å². The highest BCUT2D eigenvalue weighted by molar-refractivity contribution is 6.30. The number of imidazole rings is 1. The second-order valence-electron chi connectivity index (χ2n) is 4.49. The van der Waals surface area contributed by atoms with E-state index in [4.69, 9.17) is 17.3 Å². The lowest BCUT2D eigenvalue weighted by atomic mass is 10.2. The van der Waals surface area contributed by atoms with Gasteiger partial charge in [0, 0.05) is 10.6 Å². The van der Waals surface area contributed by atoms with Crippen LogP contribution >= 0.6 is 11.6 Å². The van der Waals surface area contributed by atoms with Crippen molar-refractivity contribution in [3.05, 3.63) is 71.4 Å². The van der Waals surface area contributed by atoms with Gasteiger partial charge in [0.15, 0.2) is 0 Å². The van der Waals surface area contributed by atoms with Crippen LogP contribution in [0.15, 0.2) is 65.9 Å². The normalized spacial score (nSPS) is 11.1. The van der Waals surface area contributed by atoms with Gasteiger partial charge in [-0.2, -0.15) is 5.10 Å². The maximum absolute atomic E-state index is 5.88. The Kier molecular flexibility index (Phi) is 3.71. The molecule has 21 heavy (non-hydrogen) atoms. The van der Waals surface area contributed by atoms with Crippen molar-refractivity contribution in [1.82, 2.24) is 9.66 Å². The Bertz CT molecular complexity index is 761. The van der Waals surface area contributed by atoms with E-state index in [9.17, 15) is 0 Å². The van der Waals surface area contributed by atoms with Crippen LogP contribution in [-0.4, -0.2) is 15.9 Å². The zero-order valence-electron chi connectivity index (χ0n) is 11.1. The lowest BCUT2D eigenvalue weighted by Crippen LogP contribution is -1.96. The fourth-order valence-corrected chi connectivity index (χ4v) is 2.03. The first-order chi connectivity index (χ1) is 10.2. The minimum atomic E-state index is 0.340. The van der Waals surface area contributed by atoms with E-state index >= 15 is 0 Å². The van der Waals surface area contributed by atoms with Crippen molar-refractivity contribution in [3.63, 3.8) is 0 Å². The molecule has 0 aliphatic rings. The number of nitrogen functional groups attached to an aromatic ring is 1. The molecule has 0 saturated carbocycles. The van der Waals surface area contributed by atoms with E-state index in [0.29, 0.717) is 11.0 Å². The average molecular weight is 297 g/mol. The minimum absolute atomic E-state index is 0.340. The molecule has 0 atom stereocenters. The topological polar surface area (TPSA) is 56.2 Å². The van der Waals surface area contributed by atoms with Gasteiger partial charge in [-0.1, -0.05) is 54.1 Å². The first-order valence-electron chi connectivity index (χ1n) is 6.42. The van der Waals surface area contributed by atoms with Crippen molar-refractivity contribution in [2.24, 2.45) is 5.10 Å². The zero-order valence-corrected chi connectivity index (χ0v) is 11.9.